The van der Waals surface area contributed by atoms with Crippen LogP contribution in [0, 0.1) is 11.6 Å². The topological polar surface area (TPSA) is 46.3 Å². The maximum atomic E-state index is 12.9. The van der Waals surface area contributed by atoms with Crippen molar-refractivity contribution in [3.8, 4) is 0 Å². The van der Waals surface area contributed by atoms with Gasteiger partial charge < -0.3 is 10.6 Å². The fourth-order valence-corrected chi connectivity index (χ4v) is 2.01. The second-order valence-corrected chi connectivity index (χ2v) is 4.34. The van der Waals surface area contributed by atoms with E-state index >= 15 is 0 Å². The van der Waals surface area contributed by atoms with Crippen LogP contribution in [0.25, 0.3) is 0 Å². The van der Waals surface area contributed by atoms with Gasteiger partial charge in [-0.15, -0.1) is 12.4 Å². The minimum atomic E-state index is -0.661. The van der Waals surface area contributed by atoms with Gasteiger partial charge in [-0.1, -0.05) is 0 Å². The summed E-state index contributed by atoms with van der Waals surface area (Å²) >= 11 is 0. The van der Waals surface area contributed by atoms with Crippen LogP contribution in [0.5, 0.6) is 0 Å². The molecule has 0 aromatic heterocycles. The minimum Gasteiger partial charge on any atom is -0.341 e. The quantitative estimate of drug-likeness (QED) is 0.890. The first-order valence-corrected chi connectivity index (χ1v) is 5.53. The molecule has 1 aromatic rings. The van der Waals surface area contributed by atoms with Crippen molar-refractivity contribution < 1.29 is 13.6 Å². The second-order valence-electron chi connectivity index (χ2n) is 4.34. The van der Waals surface area contributed by atoms with E-state index in [-0.39, 0.29) is 30.8 Å². The average molecular weight is 277 g/mol. The summed E-state index contributed by atoms with van der Waals surface area (Å²) in [5.74, 6) is -1.46. The molecule has 1 atom stereocenters. The molecule has 1 heterocycles. The number of amides is 1. The Morgan fingerprint density at radius 2 is 1.94 bits per heavy atom. The van der Waals surface area contributed by atoms with E-state index in [0.29, 0.717) is 18.7 Å². The van der Waals surface area contributed by atoms with Crippen molar-refractivity contribution in [2.75, 3.05) is 13.1 Å². The Labute approximate surface area is 110 Å². The number of carbonyl (C=O) groups excluding carboxylic acids is 1. The average Bonchev–Trinajstić information content (AvgIpc) is 2.63. The summed E-state index contributed by atoms with van der Waals surface area (Å²) in [5.41, 5.74) is 6.05. The van der Waals surface area contributed by atoms with Gasteiger partial charge in [0.1, 0.15) is 11.6 Å². The van der Waals surface area contributed by atoms with Crippen molar-refractivity contribution >= 4 is 18.3 Å². The molecule has 100 valence electrons. The van der Waals surface area contributed by atoms with Crippen molar-refractivity contribution in [1.29, 1.82) is 0 Å². The third kappa shape index (κ3) is 3.65. The number of benzene rings is 1. The van der Waals surface area contributed by atoms with Crippen molar-refractivity contribution in [2.24, 2.45) is 5.73 Å². The molecule has 0 aliphatic carbocycles. The molecule has 0 saturated carbocycles. The fourth-order valence-electron chi connectivity index (χ4n) is 2.01. The van der Waals surface area contributed by atoms with Crippen LogP contribution in [0.1, 0.15) is 12.0 Å². The van der Waals surface area contributed by atoms with Crippen LogP contribution >= 0.6 is 12.4 Å². The Hall–Kier alpha value is -1.20. The first-order valence-electron chi connectivity index (χ1n) is 5.53. The molecule has 1 amide bonds. The molecule has 2 N–H and O–H groups in total. The van der Waals surface area contributed by atoms with Crippen LogP contribution in [0.15, 0.2) is 18.2 Å². The van der Waals surface area contributed by atoms with Crippen molar-refractivity contribution in [2.45, 2.75) is 18.9 Å². The van der Waals surface area contributed by atoms with Gasteiger partial charge in [-0.25, -0.2) is 8.78 Å². The van der Waals surface area contributed by atoms with E-state index in [1.54, 1.807) is 4.90 Å². The van der Waals surface area contributed by atoms with Gasteiger partial charge >= 0.3 is 0 Å². The van der Waals surface area contributed by atoms with Crippen LogP contribution in [-0.4, -0.2) is 29.9 Å². The number of nitrogens with two attached hydrogens (primary N) is 1. The van der Waals surface area contributed by atoms with Crippen molar-refractivity contribution in [3.63, 3.8) is 0 Å². The van der Waals surface area contributed by atoms with Crippen LogP contribution in [0.2, 0.25) is 0 Å². The summed E-state index contributed by atoms with van der Waals surface area (Å²) in [4.78, 5) is 13.4. The standard InChI is InChI=1S/C12H14F2N2O.ClH/c13-9-3-8(4-10(14)6-9)5-12(17)16-2-1-11(15)7-16;/h3-4,6,11H,1-2,5,7,15H2;1H/t11-;/m0./s1. The molecule has 18 heavy (non-hydrogen) atoms. The predicted octanol–water partition coefficient (Wildman–Crippen LogP) is 1.49. The van der Waals surface area contributed by atoms with E-state index in [1.165, 1.54) is 12.1 Å². The lowest BCUT2D eigenvalue weighted by atomic mass is 10.1. The van der Waals surface area contributed by atoms with Gasteiger partial charge in [-0.05, 0) is 24.1 Å². The van der Waals surface area contributed by atoms with Crippen LogP contribution in [0.4, 0.5) is 8.78 Å². The molecule has 6 heteroatoms. The second kappa shape index (κ2) is 6.11. The Balaban J connectivity index is 0.00000162. The van der Waals surface area contributed by atoms with Crippen LogP contribution in [-0.2, 0) is 11.2 Å². The smallest absolute Gasteiger partial charge is 0.227 e. The summed E-state index contributed by atoms with van der Waals surface area (Å²) in [6.07, 6.45) is 0.796. The van der Waals surface area contributed by atoms with E-state index < -0.39 is 11.6 Å². The SMILES string of the molecule is Cl.N[C@H]1CCN(C(=O)Cc2cc(F)cc(F)c2)C1. The molecule has 0 spiro atoms. The van der Waals surface area contributed by atoms with Crippen LogP contribution < -0.4 is 5.73 Å². The van der Waals surface area contributed by atoms with Gasteiger partial charge in [0.05, 0.1) is 6.42 Å². The van der Waals surface area contributed by atoms with Crippen LogP contribution in [0.3, 0.4) is 0 Å². The van der Waals surface area contributed by atoms with Gasteiger partial charge in [0, 0.05) is 25.2 Å². The molecule has 0 radical (unpaired) electrons. The lowest BCUT2D eigenvalue weighted by Crippen LogP contribution is -2.32. The summed E-state index contributed by atoms with van der Waals surface area (Å²) in [5, 5.41) is 0. The number of halogens is 3. The fraction of sp³-hybridized carbons (Fsp3) is 0.417. The molecule has 1 aliphatic heterocycles. The highest BCUT2D eigenvalue weighted by molar-refractivity contribution is 5.85. The monoisotopic (exact) mass is 276 g/mol. The lowest BCUT2D eigenvalue weighted by Gasteiger charge is -2.15. The van der Waals surface area contributed by atoms with E-state index in [0.717, 1.165) is 12.5 Å². The number of hydrogen-bond donors (Lipinski definition) is 1. The maximum absolute atomic E-state index is 12.9. The Morgan fingerprint density at radius 3 is 2.44 bits per heavy atom. The normalized spacial score (nSPS) is 18.6. The van der Waals surface area contributed by atoms with E-state index in [2.05, 4.69) is 0 Å². The number of nitrogens with zero attached hydrogens (tertiary/aromatic N) is 1. The van der Waals surface area contributed by atoms with E-state index in [9.17, 15) is 13.6 Å². The zero-order valence-corrected chi connectivity index (χ0v) is 10.6. The first-order chi connectivity index (χ1) is 8.04. The van der Waals surface area contributed by atoms with Gasteiger partial charge in [0.25, 0.3) is 0 Å². The van der Waals surface area contributed by atoms with E-state index in [4.69, 9.17) is 5.73 Å². The molecular weight excluding hydrogens is 262 g/mol. The molecule has 0 unspecified atom stereocenters. The van der Waals surface area contributed by atoms with Gasteiger partial charge in [-0.2, -0.15) is 0 Å². The Morgan fingerprint density at radius 1 is 1.33 bits per heavy atom. The summed E-state index contributed by atoms with van der Waals surface area (Å²) < 4.78 is 25.9. The molecule has 1 aromatic carbocycles. The van der Waals surface area contributed by atoms with Gasteiger partial charge in [0.2, 0.25) is 5.91 Å². The summed E-state index contributed by atoms with van der Waals surface area (Å²) in [6.45, 7) is 1.15. The molecule has 3 nitrogen and oxygen atoms in total. The highest BCUT2D eigenvalue weighted by Gasteiger charge is 2.23. The molecule has 2 rings (SSSR count). The Kier molecular flexibility index (Phi) is 5.04. The number of carbonyl (C=O) groups is 1. The molecule has 1 aliphatic rings. The first kappa shape index (κ1) is 14.9. The molecule has 1 fully saturated rings. The zero-order valence-electron chi connectivity index (χ0n) is 9.73. The maximum Gasteiger partial charge on any atom is 0.227 e. The number of likely N-dealkylation sites (tertiary alicyclic amines) is 1. The van der Waals surface area contributed by atoms with Crippen molar-refractivity contribution in [3.05, 3.63) is 35.4 Å². The number of hydrogen-bond acceptors (Lipinski definition) is 2. The highest BCUT2D eigenvalue weighted by atomic mass is 35.5. The van der Waals surface area contributed by atoms with E-state index in [1.807, 2.05) is 0 Å². The zero-order chi connectivity index (χ0) is 12.4. The molecular formula is C12H15ClF2N2O. The van der Waals surface area contributed by atoms with Gasteiger partial charge in [0.15, 0.2) is 0 Å². The lowest BCUT2D eigenvalue weighted by molar-refractivity contribution is -0.129. The third-order valence-corrected chi connectivity index (χ3v) is 2.86. The van der Waals surface area contributed by atoms with Gasteiger partial charge in [-0.3, -0.25) is 4.79 Å². The summed E-state index contributed by atoms with van der Waals surface area (Å²) in [7, 11) is 0. The molecule has 0 bridgehead atoms. The predicted molar refractivity (Wildman–Crippen MR) is 66.5 cm³/mol. The molecule has 1 saturated heterocycles. The Bertz CT molecular complexity index is 422. The largest absolute Gasteiger partial charge is 0.341 e. The minimum absolute atomic E-state index is 0. The number of rotatable bonds is 2. The third-order valence-electron chi connectivity index (χ3n) is 2.86. The van der Waals surface area contributed by atoms with Crippen molar-refractivity contribution in [1.82, 2.24) is 4.90 Å². The summed E-state index contributed by atoms with van der Waals surface area (Å²) in [6, 6.07) is 3.16. The highest BCUT2D eigenvalue weighted by Crippen LogP contribution is 2.12.